The van der Waals surface area contributed by atoms with Gasteiger partial charge in [0.05, 0.1) is 11.7 Å². The molecule has 5 nitrogen and oxygen atoms in total. The van der Waals surface area contributed by atoms with Gasteiger partial charge < -0.3 is 9.88 Å². The molecule has 1 amide bonds. The number of hydrogen-bond acceptors (Lipinski definition) is 2. The SMILES string of the molecule is Cn1c(C(=O)NC2(c3ccccc3CF)CC2)cc2ccc(-c3cn[nH]c3)cc21. The van der Waals surface area contributed by atoms with Gasteiger partial charge in [0.25, 0.3) is 5.91 Å². The van der Waals surface area contributed by atoms with Crippen molar-refractivity contribution < 1.29 is 9.18 Å². The maximum atomic E-state index is 13.4. The monoisotopic (exact) mass is 388 g/mol. The van der Waals surface area contributed by atoms with Gasteiger partial charge in [-0.05, 0) is 41.7 Å². The first-order chi connectivity index (χ1) is 14.1. The summed E-state index contributed by atoms with van der Waals surface area (Å²) in [4.78, 5) is 13.1. The number of aryl methyl sites for hydroxylation is 1. The van der Waals surface area contributed by atoms with Gasteiger partial charge in [-0.3, -0.25) is 9.89 Å². The summed E-state index contributed by atoms with van der Waals surface area (Å²) in [7, 11) is 1.89. The number of nitrogens with one attached hydrogen (secondary N) is 2. The van der Waals surface area contributed by atoms with Gasteiger partial charge in [-0.25, -0.2) is 4.39 Å². The molecule has 0 saturated heterocycles. The molecule has 0 bridgehead atoms. The minimum atomic E-state index is -0.529. The number of rotatable bonds is 5. The first-order valence-electron chi connectivity index (χ1n) is 9.67. The lowest BCUT2D eigenvalue weighted by molar-refractivity contribution is 0.0922. The molecule has 1 fully saturated rings. The summed E-state index contributed by atoms with van der Waals surface area (Å²) < 4.78 is 15.3. The smallest absolute Gasteiger partial charge is 0.268 e. The van der Waals surface area contributed by atoms with Gasteiger partial charge in [-0.1, -0.05) is 36.4 Å². The van der Waals surface area contributed by atoms with Gasteiger partial charge in [-0.15, -0.1) is 0 Å². The fourth-order valence-electron chi connectivity index (χ4n) is 4.11. The van der Waals surface area contributed by atoms with Crippen LogP contribution < -0.4 is 5.32 Å². The lowest BCUT2D eigenvalue weighted by Gasteiger charge is -2.20. The molecule has 0 unspecified atom stereocenters. The minimum Gasteiger partial charge on any atom is -0.341 e. The molecule has 1 aliphatic rings. The first kappa shape index (κ1) is 17.7. The van der Waals surface area contributed by atoms with E-state index in [1.807, 2.05) is 54.2 Å². The number of nitrogens with zero attached hydrogens (tertiary/aromatic N) is 2. The van der Waals surface area contributed by atoms with Crippen molar-refractivity contribution >= 4 is 16.8 Å². The van der Waals surface area contributed by atoms with Crippen LogP contribution in [-0.2, 0) is 19.3 Å². The van der Waals surface area contributed by atoms with E-state index in [4.69, 9.17) is 0 Å². The Morgan fingerprint density at radius 1 is 1.21 bits per heavy atom. The Morgan fingerprint density at radius 2 is 2.03 bits per heavy atom. The third kappa shape index (κ3) is 2.92. The molecule has 2 heterocycles. The number of carbonyl (C=O) groups excluding carboxylic acids is 1. The molecule has 2 N–H and O–H groups in total. The number of aromatic nitrogens is 3. The molecule has 4 aromatic rings. The fraction of sp³-hybridized carbons (Fsp3) is 0.217. The Bertz CT molecular complexity index is 1210. The average Bonchev–Trinajstić information content (AvgIpc) is 3.17. The van der Waals surface area contributed by atoms with Crippen molar-refractivity contribution in [1.82, 2.24) is 20.1 Å². The molecule has 1 aliphatic carbocycles. The number of halogens is 1. The minimum absolute atomic E-state index is 0.139. The number of H-pyrrole nitrogens is 1. The molecular weight excluding hydrogens is 367 g/mol. The van der Waals surface area contributed by atoms with Gasteiger partial charge in [0.15, 0.2) is 0 Å². The van der Waals surface area contributed by atoms with Crippen molar-refractivity contribution in [2.24, 2.45) is 7.05 Å². The summed E-state index contributed by atoms with van der Waals surface area (Å²) in [6, 6.07) is 15.4. The largest absolute Gasteiger partial charge is 0.341 e. The van der Waals surface area contributed by atoms with Crippen LogP contribution in [0.5, 0.6) is 0 Å². The molecule has 1 saturated carbocycles. The van der Waals surface area contributed by atoms with Gasteiger partial charge in [0, 0.05) is 29.7 Å². The molecule has 0 radical (unpaired) electrons. The summed E-state index contributed by atoms with van der Waals surface area (Å²) in [5, 5.41) is 11.0. The molecule has 0 aliphatic heterocycles. The van der Waals surface area contributed by atoms with Gasteiger partial charge in [0.2, 0.25) is 0 Å². The highest BCUT2D eigenvalue weighted by atomic mass is 19.1. The van der Waals surface area contributed by atoms with Gasteiger partial charge in [-0.2, -0.15) is 5.10 Å². The van der Waals surface area contributed by atoms with E-state index in [0.717, 1.165) is 40.4 Å². The Labute approximate surface area is 167 Å². The van der Waals surface area contributed by atoms with Crippen molar-refractivity contribution in [3.8, 4) is 11.1 Å². The van der Waals surface area contributed by atoms with Crippen LogP contribution in [0.3, 0.4) is 0 Å². The van der Waals surface area contributed by atoms with Crippen LogP contribution in [0.2, 0.25) is 0 Å². The number of alkyl halides is 1. The van der Waals surface area contributed by atoms with E-state index in [0.29, 0.717) is 11.3 Å². The van der Waals surface area contributed by atoms with Crippen LogP contribution in [0.4, 0.5) is 4.39 Å². The van der Waals surface area contributed by atoms with Crippen molar-refractivity contribution in [3.05, 3.63) is 77.7 Å². The zero-order valence-corrected chi connectivity index (χ0v) is 16.1. The summed E-state index contributed by atoms with van der Waals surface area (Å²) in [6.07, 6.45) is 5.27. The Morgan fingerprint density at radius 3 is 2.76 bits per heavy atom. The highest BCUT2D eigenvalue weighted by molar-refractivity contribution is 6.00. The standard InChI is InChI=1S/C23H21FN4O/c1-28-20-10-15(18-13-25-26-14-18)6-7-16(20)11-21(28)22(29)27-23(8-9-23)19-5-3-2-4-17(19)12-24/h2-7,10-11,13-14H,8-9,12H2,1H3,(H,25,26)(H,27,29). The predicted octanol–water partition coefficient (Wildman–Crippen LogP) is 4.46. The zero-order valence-electron chi connectivity index (χ0n) is 16.1. The second kappa shape index (κ2) is 6.58. The summed E-state index contributed by atoms with van der Waals surface area (Å²) >= 11 is 0. The average molecular weight is 388 g/mol. The van der Waals surface area contributed by atoms with Crippen molar-refractivity contribution in [1.29, 1.82) is 0 Å². The molecule has 2 aromatic carbocycles. The number of carbonyl (C=O) groups is 1. The third-order valence-corrected chi connectivity index (χ3v) is 5.89. The number of amides is 1. The Hall–Kier alpha value is -3.41. The quantitative estimate of drug-likeness (QED) is 0.530. The molecule has 29 heavy (non-hydrogen) atoms. The maximum absolute atomic E-state index is 13.4. The van der Waals surface area contributed by atoms with Crippen LogP contribution in [-0.4, -0.2) is 20.7 Å². The molecule has 0 spiro atoms. The topological polar surface area (TPSA) is 62.7 Å². The third-order valence-electron chi connectivity index (χ3n) is 5.89. The molecule has 146 valence electrons. The second-order valence-electron chi connectivity index (χ2n) is 7.68. The zero-order chi connectivity index (χ0) is 20.0. The maximum Gasteiger partial charge on any atom is 0.268 e. The number of benzene rings is 2. The van der Waals surface area contributed by atoms with E-state index in [-0.39, 0.29) is 5.91 Å². The van der Waals surface area contributed by atoms with E-state index < -0.39 is 12.2 Å². The summed E-state index contributed by atoms with van der Waals surface area (Å²) in [5.41, 5.74) is 4.67. The molecule has 6 heteroatoms. The number of hydrogen-bond donors (Lipinski definition) is 2. The van der Waals surface area contributed by atoms with Crippen LogP contribution in [0.1, 0.15) is 34.5 Å². The van der Waals surface area contributed by atoms with Crippen LogP contribution >= 0.6 is 0 Å². The highest BCUT2D eigenvalue weighted by Gasteiger charge is 2.47. The Kier molecular flexibility index (Phi) is 4.01. The Balaban J connectivity index is 1.48. The van der Waals surface area contributed by atoms with E-state index in [2.05, 4.69) is 21.6 Å². The summed E-state index contributed by atoms with van der Waals surface area (Å²) in [5.74, 6) is -0.139. The normalized spacial score (nSPS) is 14.8. The van der Waals surface area contributed by atoms with Crippen LogP contribution in [0, 0.1) is 0 Å². The molecule has 0 atom stereocenters. The summed E-state index contributed by atoms with van der Waals surface area (Å²) in [6.45, 7) is -0.529. The second-order valence-corrected chi connectivity index (χ2v) is 7.68. The van der Waals surface area contributed by atoms with Gasteiger partial charge >= 0.3 is 0 Å². The van der Waals surface area contributed by atoms with Gasteiger partial charge in [0.1, 0.15) is 12.4 Å². The number of fused-ring (bicyclic) bond motifs is 1. The fourth-order valence-corrected chi connectivity index (χ4v) is 4.11. The lowest BCUT2D eigenvalue weighted by Crippen LogP contribution is -2.36. The van der Waals surface area contributed by atoms with E-state index in [9.17, 15) is 9.18 Å². The van der Waals surface area contributed by atoms with Crippen molar-refractivity contribution in [2.45, 2.75) is 25.1 Å². The van der Waals surface area contributed by atoms with E-state index >= 15 is 0 Å². The van der Waals surface area contributed by atoms with Crippen molar-refractivity contribution in [2.75, 3.05) is 0 Å². The highest BCUT2D eigenvalue weighted by Crippen LogP contribution is 2.47. The predicted molar refractivity (Wildman–Crippen MR) is 110 cm³/mol. The van der Waals surface area contributed by atoms with Crippen molar-refractivity contribution in [3.63, 3.8) is 0 Å². The molecule has 2 aromatic heterocycles. The number of aromatic amines is 1. The van der Waals surface area contributed by atoms with Crippen LogP contribution in [0.25, 0.3) is 22.0 Å². The van der Waals surface area contributed by atoms with Crippen LogP contribution in [0.15, 0.2) is 60.9 Å². The van der Waals surface area contributed by atoms with E-state index in [1.165, 1.54) is 0 Å². The lowest BCUT2D eigenvalue weighted by atomic mass is 9.98. The van der Waals surface area contributed by atoms with E-state index in [1.54, 1.807) is 12.3 Å². The first-order valence-corrected chi connectivity index (χ1v) is 9.67. The molecule has 5 rings (SSSR count). The molecular formula is C23H21FN4O.